The largest absolute Gasteiger partial charge is 0.462 e. The first-order chi connectivity index (χ1) is 17.3. The SMILES string of the molecule is CCCC/C=C/CCCCOC(=O)c1cccc(S(=O)(=O)O)c1C(=O)OCCCC/C=C/CCCC. The molecular weight excluding hydrogens is 480 g/mol. The molecule has 1 aromatic rings. The summed E-state index contributed by atoms with van der Waals surface area (Å²) in [5.41, 5.74) is -0.739. The first-order valence-corrected chi connectivity index (χ1v) is 14.5. The highest BCUT2D eigenvalue weighted by atomic mass is 32.2. The minimum atomic E-state index is -4.75. The molecule has 0 fully saturated rings. The third kappa shape index (κ3) is 13.0. The number of unbranched alkanes of at least 4 members (excludes halogenated alkanes) is 8. The van der Waals surface area contributed by atoms with Gasteiger partial charge in [-0.1, -0.05) is 69.9 Å². The number of carbonyl (C=O) groups is 2. The fourth-order valence-electron chi connectivity index (χ4n) is 3.45. The molecule has 0 bridgehead atoms. The molecule has 36 heavy (non-hydrogen) atoms. The summed E-state index contributed by atoms with van der Waals surface area (Å²) >= 11 is 0. The molecule has 1 aromatic carbocycles. The highest BCUT2D eigenvalue weighted by Gasteiger charge is 2.28. The van der Waals surface area contributed by atoms with Gasteiger partial charge < -0.3 is 9.47 Å². The molecule has 0 heterocycles. The third-order valence-corrected chi connectivity index (χ3v) is 6.40. The number of allylic oxidation sites excluding steroid dienone is 4. The van der Waals surface area contributed by atoms with Gasteiger partial charge in [-0.05, 0) is 63.5 Å². The Kier molecular flexibility index (Phi) is 16.5. The van der Waals surface area contributed by atoms with Gasteiger partial charge in [0.25, 0.3) is 10.1 Å². The topological polar surface area (TPSA) is 107 Å². The Morgan fingerprint density at radius 2 is 1.22 bits per heavy atom. The van der Waals surface area contributed by atoms with Gasteiger partial charge in [-0.2, -0.15) is 8.42 Å². The molecule has 0 saturated heterocycles. The number of hydrogen-bond donors (Lipinski definition) is 1. The Bertz CT molecular complexity index is 949. The first-order valence-electron chi connectivity index (χ1n) is 13.1. The summed E-state index contributed by atoms with van der Waals surface area (Å²) in [5.74, 6) is -1.81. The molecule has 0 saturated carbocycles. The van der Waals surface area contributed by atoms with Gasteiger partial charge in [-0.3, -0.25) is 4.55 Å². The average Bonchev–Trinajstić information content (AvgIpc) is 2.85. The predicted octanol–water partition coefficient (Wildman–Crippen LogP) is 7.08. The van der Waals surface area contributed by atoms with Gasteiger partial charge in [0, 0.05) is 0 Å². The van der Waals surface area contributed by atoms with E-state index < -0.39 is 32.5 Å². The summed E-state index contributed by atoms with van der Waals surface area (Å²) in [6, 6.07) is 3.64. The van der Waals surface area contributed by atoms with Crippen LogP contribution in [0, 0.1) is 0 Å². The number of carbonyl (C=O) groups excluding carboxylic acids is 2. The summed E-state index contributed by atoms with van der Waals surface area (Å²) in [5, 5.41) is 0. The maximum absolute atomic E-state index is 12.7. The maximum atomic E-state index is 12.7. The van der Waals surface area contributed by atoms with Crippen molar-refractivity contribution in [3.63, 3.8) is 0 Å². The summed E-state index contributed by atoms with van der Waals surface area (Å²) in [7, 11) is -4.75. The number of rotatable bonds is 19. The lowest BCUT2D eigenvalue weighted by Crippen LogP contribution is -2.19. The van der Waals surface area contributed by atoms with Crippen molar-refractivity contribution in [1.29, 1.82) is 0 Å². The van der Waals surface area contributed by atoms with Gasteiger partial charge in [0.1, 0.15) is 4.90 Å². The van der Waals surface area contributed by atoms with Crippen LogP contribution in [-0.2, 0) is 19.6 Å². The van der Waals surface area contributed by atoms with Gasteiger partial charge in [0.05, 0.1) is 24.3 Å². The van der Waals surface area contributed by atoms with Crippen LogP contribution in [0.15, 0.2) is 47.4 Å². The first kappa shape index (κ1) is 31.6. The molecule has 0 unspecified atom stereocenters. The summed E-state index contributed by atoms with van der Waals surface area (Å²) in [4.78, 5) is 24.7. The van der Waals surface area contributed by atoms with Crippen molar-refractivity contribution in [2.75, 3.05) is 13.2 Å². The molecule has 0 aliphatic heterocycles. The zero-order valence-electron chi connectivity index (χ0n) is 21.7. The minimum absolute atomic E-state index is 0.0711. The Labute approximate surface area is 216 Å². The molecule has 0 radical (unpaired) electrons. The smallest absolute Gasteiger partial charge is 0.340 e. The van der Waals surface area contributed by atoms with Crippen LogP contribution in [0.3, 0.4) is 0 Å². The van der Waals surface area contributed by atoms with Crippen molar-refractivity contribution in [3.8, 4) is 0 Å². The molecule has 202 valence electrons. The van der Waals surface area contributed by atoms with E-state index in [0.29, 0.717) is 12.8 Å². The molecule has 8 heteroatoms. The summed E-state index contributed by atoms with van der Waals surface area (Å²) in [6.45, 7) is 4.50. The van der Waals surface area contributed by atoms with Crippen LogP contribution in [0.1, 0.15) is 112 Å². The van der Waals surface area contributed by atoms with E-state index in [-0.39, 0.29) is 18.8 Å². The lowest BCUT2D eigenvalue weighted by Gasteiger charge is -2.12. The van der Waals surface area contributed by atoms with Crippen molar-refractivity contribution < 1.29 is 32.0 Å². The lowest BCUT2D eigenvalue weighted by atomic mass is 10.1. The Morgan fingerprint density at radius 3 is 1.69 bits per heavy atom. The van der Waals surface area contributed by atoms with Gasteiger partial charge in [-0.15, -0.1) is 0 Å². The van der Waals surface area contributed by atoms with Crippen molar-refractivity contribution in [1.82, 2.24) is 0 Å². The number of hydrogen-bond acceptors (Lipinski definition) is 6. The van der Waals surface area contributed by atoms with Crippen molar-refractivity contribution in [2.24, 2.45) is 0 Å². The molecule has 0 amide bonds. The van der Waals surface area contributed by atoms with E-state index >= 15 is 0 Å². The fourth-order valence-corrected chi connectivity index (χ4v) is 4.15. The quantitative estimate of drug-likeness (QED) is 0.0895. The van der Waals surface area contributed by atoms with Gasteiger partial charge in [0.2, 0.25) is 0 Å². The van der Waals surface area contributed by atoms with Gasteiger partial charge in [0.15, 0.2) is 0 Å². The second-order valence-corrected chi connectivity index (χ2v) is 10.0. The average molecular weight is 523 g/mol. The highest BCUT2D eigenvalue weighted by molar-refractivity contribution is 7.86. The van der Waals surface area contributed by atoms with Crippen LogP contribution in [0.25, 0.3) is 0 Å². The molecule has 0 aromatic heterocycles. The minimum Gasteiger partial charge on any atom is -0.462 e. The highest BCUT2D eigenvalue weighted by Crippen LogP contribution is 2.22. The van der Waals surface area contributed by atoms with E-state index in [1.54, 1.807) is 0 Å². The van der Waals surface area contributed by atoms with E-state index in [2.05, 4.69) is 38.2 Å². The standard InChI is InChI=1S/C28H42O7S/c1-3-5-7-9-11-13-15-17-22-34-27(29)24-20-19-21-25(36(31,32)33)26(24)28(30)35-23-18-16-14-12-10-8-6-4-2/h9-12,19-21H,3-8,13-18,22-23H2,1-2H3,(H,31,32,33)/b11-9+,12-10+. The molecule has 1 rings (SSSR count). The molecule has 0 spiro atoms. The normalized spacial score (nSPS) is 11.9. The third-order valence-electron chi connectivity index (χ3n) is 5.51. The second-order valence-electron chi connectivity index (χ2n) is 8.64. The zero-order chi connectivity index (χ0) is 26.7. The van der Waals surface area contributed by atoms with E-state index in [1.165, 1.54) is 12.1 Å². The number of benzene rings is 1. The van der Waals surface area contributed by atoms with Crippen LogP contribution < -0.4 is 0 Å². The van der Waals surface area contributed by atoms with Gasteiger partial charge in [-0.25, -0.2) is 9.59 Å². The summed E-state index contributed by atoms with van der Waals surface area (Å²) in [6.07, 6.45) is 19.8. The van der Waals surface area contributed by atoms with Crippen LogP contribution in [0.5, 0.6) is 0 Å². The van der Waals surface area contributed by atoms with E-state index in [0.717, 1.165) is 70.3 Å². The second kappa shape index (κ2) is 18.8. The number of ether oxygens (including phenoxy) is 2. The molecule has 7 nitrogen and oxygen atoms in total. The molecule has 0 aliphatic rings. The van der Waals surface area contributed by atoms with Crippen LogP contribution in [0.2, 0.25) is 0 Å². The molecular formula is C28H42O7S. The Hall–Kier alpha value is -2.45. The number of esters is 2. The van der Waals surface area contributed by atoms with Crippen molar-refractivity contribution >= 4 is 22.1 Å². The van der Waals surface area contributed by atoms with Crippen LogP contribution in [0.4, 0.5) is 0 Å². The Balaban J connectivity index is 2.68. The maximum Gasteiger partial charge on any atom is 0.340 e. The van der Waals surface area contributed by atoms with Crippen molar-refractivity contribution in [2.45, 2.75) is 95.8 Å². The molecule has 0 aliphatic carbocycles. The van der Waals surface area contributed by atoms with E-state index in [9.17, 15) is 22.6 Å². The monoisotopic (exact) mass is 522 g/mol. The van der Waals surface area contributed by atoms with Crippen molar-refractivity contribution in [3.05, 3.63) is 53.6 Å². The zero-order valence-corrected chi connectivity index (χ0v) is 22.6. The predicted molar refractivity (Wildman–Crippen MR) is 142 cm³/mol. The fraction of sp³-hybridized carbons (Fsp3) is 0.571. The molecule has 1 N–H and O–H groups in total. The molecule has 0 atom stereocenters. The Morgan fingerprint density at radius 1 is 0.750 bits per heavy atom. The lowest BCUT2D eigenvalue weighted by molar-refractivity contribution is 0.0447. The van der Waals surface area contributed by atoms with E-state index in [4.69, 9.17) is 9.47 Å². The van der Waals surface area contributed by atoms with Crippen LogP contribution in [-0.4, -0.2) is 38.1 Å². The van der Waals surface area contributed by atoms with E-state index in [1.807, 2.05) is 0 Å². The summed E-state index contributed by atoms with van der Waals surface area (Å²) < 4.78 is 43.9. The van der Waals surface area contributed by atoms with Crippen LogP contribution >= 0.6 is 0 Å². The van der Waals surface area contributed by atoms with Gasteiger partial charge >= 0.3 is 11.9 Å².